The Bertz CT molecular complexity index is 619. The largest absolute Gasteiger partial charge is 0.393 e. The quantitative estimate of drug-likeness (QED) is 0.805. The van der Waals surface area contributed by atoms with Gasteiger partial charge in [-0.3, -0.25) is 0 Å². The van der Waals surface area contributed by atoms with Crippen LogP contribution >= 0.6 is 0 Å². The fourth-order valence-electron chi connectivity index (χ4n) is 3.99. The van der Waals surface area contributed by atoms with Crippen molar-refractivity contribution in [2.45, 2.75) is 44.2 Å². The molecule has 4 rings (SSSR count). The van der Waals surface area contributed by atoms with Crippen LogP contribution in [0.25, 0.3) is 11.3 Å². The second kappa shape index (κ2) is 4.74. The maximum atomic E-state index is 10.6. The summed E-state index contributed by atoms with van der Waals surface area (Å²) in [5.41, 5.74) is 3.84. The van der Waals surface area contributed by atoms with E-state index in [9.17, 15) is 5.11 Å². The molecule has 0 bridgehead atoms. The molecule has 1 aliphatic heterocycles. The first-order valence-corrected chi connectivity index (χ1v) is 7.65. The van der Waals surface area contributed by atoms with Crippen LogP contribution in [0.15, 0.2) is 36.8 Å². The first kappa shape index (κ1) is 12.2. The van der Waals surface area contributed by atoms with Gasteiger partial charge in [0.15, 0.2) is 0 Å². The van der Waals surface area contributed by atoms with E-state index in [0.717, 1.165) is 19.3 Å². The highest BCUT2D eigenvalue weighted by molar-refractivity contribution is 5.69. The van der Waals surface area contributed by atoms with Crippen molar-refractivity contribution in [2.24, 2.45) is 5.92 Å². The van der Waals surface area contributed by atoms with Gasteiger partial charge in [-0.1, -0.05) is 43.5 Å². The minimum atomic E-state index is -0.191. The Morgan fingerprint density at radius 1 is 1.10 bits per heavy atom. The molecule has 0 spiro atoms. The van der Waals surface area contributed by atoms with E-state index in [-0.39, 0.29) is 12.1 Å². The third-order valence-electron chi connectivity index (χ3n) is 4.96. The van der Waals surface area contributed by atoms with E-state index in [0.29, 0.717) is 5.92 Å². The molecule has 1 aromatic carbocycles. The number of imidazole rings is 1. The summed E-state index contributed by atoms with van der Waals surface area (Å²) in [6, 6.07) is 8.84. The van der Waals surface area contributed by atoms with Crippen LogP contribution in [0.5, 0.6) is 0 Å². The number of hydrogen-bond donors (Lipinski definition) is 1. The van der Waals surface area contributed by atoms with Crippen molar-refractivity contribution in [1.29, 1.82) is 0 Å². The average molecular weight is 268 g/mol. The summed E-state index contributed by atoms with van der Waals surface area (Å²) in [5.74, 6) is 0.314. The monoisotopic (exact) mass is 268 g/mol. The Morgan fingerprint density at radius 3 is 2.90 bits per heavy atom. The Balaban J connectivity index is 1.81. The van der Waals surface area contributed by atoms with E-state index in [1.807, 2.05) is 12.5 Å². The highest BCUT2D eigenvalue weighted by atomic mass is 16.3. The Hall–Kier alpha value is -1.61. The van der Waals surface area contributed by atoms with E-state index < -0.39 is 0 Å². The topological polar surface area (TPSA) is 38.1 Å². The van der Waals surface area contributed by atoms with Gasteiger partial charge in [-0.25, -0.2) is 4.98 Å². The van der Waals surface area contributed by atoms with E-state index in [4.69, 9.17) is 0 Å². The molecule has 3 nitrogen and oxygen atoms in total. The third kappa shape index (κ3) is 1.73. The number of rotatable bonds is 1. The van der Waals surface area contributed by atoms with Crippen LogP contribution in [0.1, 0.15) is 43.7 Å². The zero-order valence-corrected chi connectivity index (χ0v) is 11.6. The molecule has 2 aliphatic rings. The van der Waals surface area contributed by atoms with E-state index in [2.05, 4.69) is 33.8 Å². The van der Waals surface area contributed by atoms with Crippen LogP contribution in [-0.4, -0.2) is 20.8 Å². The van der Waals surface area contributed by atoms with Crippen molar-refractivity contribution < 1.29 is 5.11 Å². The highest BCUT2D eigenvalue weighted by Gasteiger charge is 2.37. The first-order chi connectivity index (χ1) is 9.86. The number of benzene rings is 1. The number of hydrogen-bond acceptors (Lipinski definition) is 2. The van der Waals surface area contributed by atoms with Crippen molar-refractivity contribution in [2.75, 3.05) is 0 Å². The van der Waals surface area contributed by atoms with Crippen molar-refractivity contribution in [3.8, 4) is 11.3 Å². The van der Waals surface area contributed by atoms with Gasteiger partial charge in [0.05, 0.1) is 30.4 Å². The van der Waals surface area contributed by atoms with Gasteiger partial charge in [0.25, 0.3) is 0 Å². The van der Waals surface area contributed by atoms with Crippen molar-refractivity contribution in [3.63, 3.8) is 0 Å². The molecule has 0 radical (unpaired) electrons. The maximum Gasteiger partial charge on any atom is 0.0956 e. The zero-order valence-electron chi connectivity index (χ0n) is 11.6. The van der Waals surface area contributed by atoms with Gasteiger partial charge in [0, 0.05) is 11.5 Å². The number of aliphatic hydroxyl groups excluding tert-OH is 1. The zero-order chi connectivity index (χ0) is 13.5. The molecule has 2 aromatic rings. The number of aromatic nitrogens is 2. The Kier molecular flexibility index (Phi) is 2.88. The van der Waals surface area contributed by atoms with Crippen molar-refractivity contribution in [3.05, 3.63) is 42.4 Å². The van der Waals surface area contributed by atoms with E-state index >= 15 is 0 Å². The van der Waals surface area contributed by atoms with Crippen LogP contribution in [0.3, 0.4) is 0 Å². The molecule has 2 heterocycles. The van der Waals surface area contributed by atoms with Gasteiger partial charge in [-0.2, -0.15) is 0 Å². The molecular weight excluding hydrogens is 248 g/mol. The van der Waals surface area contributed by atoms with Gasteiger partial charge in [-0.05, 0) is 18.4 Å². The van der Waals surface area contributed by atoms with E-state index in [1.54, 1.807) is 0 Å². The lowest BCUT2D eigenvalue weighted by molar-refractivity contribution is 0.0802. The minimum absolute atomic E-state index is 0.191. The molecule has 1 N–H and O–H groups in total. The number of aliphatic hydroxyl groups is 1. The number of fused-ring (bicyclic) bond motifs is 3. The summed E-state index contributed by atoms with van der Waals surface area (Å²) in [7, 11) is 0. The summed E-state index contributed by atoms with van der Waals surface area (Å²) < 4.78 is 2.27. The molecule has 1 saturated carbocycles. The van der Waals surface area contributed by atoms with Gasteiger partial charge in [-0.15, -0.1) is 0 Å². The molecule has 0 saturated heterocycles. The second-order valence-electron chi connectivity index (χ2n) is 6.09. The molecule has 3 heteroatoms. The lowest BCUT2D eigenvalue weighted by Gasteiger charge is -2.28. The summed E-state index contributed by atoms with van der Waals surface area (Å²) in [5, 5.41) is 10.6. The first-order valence-electron chi connectivity index (χ1n) is 7.65. The lowest BCUT2D eigenvalue weighted by Crippen LogP contribution is -2.28. The predicted molar refractivity (Wildman–Crippen MR) is 78.4 cm³/mol. The summed E-state index contributed by atoms with van der Waals surface area (Å²) >= 11 is 0. The maximum absolute atomic E-state index is 10.6. The van der Waals surface area contributed by atoms with Gasteiger partial charge in [0.2, 0.25) is 0 Å². The fraction of sp³-hybridized carbons (Fsp3) is 0.471. The molecule has 20 heavy (non-hydrogen) atoms. The van der Waals surface area contributed by atoms with Gasteiger partial charge < -0.3 is 9.67 Å². The van der Waals surface area contributed by atoms with E-state index in [1.165, 1.54) is 29.7 Å². The van der Waals surface area contributed by atoms with Crippen LogP contribution in [0.2, 0.25) is 0 Å². The van der Waals surface area contributed by atoms with Gasteiger partial charge in [0.1, 0.15) is 0 Å². The molecule has 1 unspecified atom stereocenters. The van der Waals surface area contributed by atoms with Crippen molar-refractivity contribution >= 4 is 0 Å². The van der Waals surface area contributed by atoms with Crippen LogP contribution in [0, 0.1) is 5.92 Å². The molecule has 104 valence electrons. The average Bonchev–Trinajstić information content (AvgIpc) is 2.97. The van der Waals surface area contributed by atoms with Crippen LogP contribution in [-0.2, 0) is 0 Å². The molecule has 1 aliphatic carbocycles. The minimum Gasteiger partial charge on any atom is -0.393 e. The summed E-state index contributed by atoms with van der Waals surface area (Å²) in [6.07, 6.45) is 9.36. The van der Waals surface area contributed by atoms with Crippen LogP contribution in [0.4, 0.5) is 0 Å². The van der Waals surface area contributed by atoms with Crippen molar-refractivity contribution in [1.82, 2.24) is 9.55 Å². The predicted octanol–water partition coefficient (Wildman–Crippen LogP) is 3.39. The van der Waals surface area contributed by atoms with Gasteiger partial charge >= 0.3 is 0 Å². The second-order valence-corrected chi connectivity index (χ2v) is 6.09. The normalized spacial score (nSPS) is 28.8. The summed E-state index contributed by atoms with van der Waals surface area (Å²) in [6.45, 7) is 0. The smallest absolute Gasteiger partial charge is 0.0956 e. The third-order valence-corrected chi connectivity index (χ3v) is 4.96. The molecular formula is C17H20N2O. The highest BCUT2D eigenvalue weighted by Crippen LogP contribution is 2.46. The Labute approximate surface area is 119 Å². The standard InChI is InChI=1S/C17H20N2O/c20-16-9-3-1-2-8-14(16)17-13-7-5-4-6-12(13)15-10-18-11-19(15)17/h4-7,10-11,14,16-17,20H,1-3,8-9H2/t14-,16-,17?/m1/s1. The SMILES string of the molecule is O[C@@H]1CCCCC[C@H]1C1c2ccccc2-c2cncn21. The molecule has 3 atom stereocenters. The molecule has 0 amide bonds. The fourth-order valence-corrected chi connectivity index (χ4v) is 3.99. The Morgan fingerprint density at radius 2 is 1.95 bits per heavy atom. The molecule has 1 aromatic heterocycles. The summed E-state index contributed by atoms with van der Waals surface area (Å²) in [4.78, 5) is 4.32. The number of nitrogens with zero attached hydrogens (tertiary/aromatic N) is 2. The van der Waals surface area contributed by atoms with Crippen LogP contribution < -0.4 is 0 Å². The lowest BCUT2D eigenvalue weighted by atomic mass is 9.85. The molecule has 1 fully saturated rings.